The fraction of sp³-hybridized carbons (Fsp3) is 1.00. The average molecular weight is 343 g/mol. The van der Waals surface area contributed by atoms with Crippen molar-refractivity contribution >= 4 is 15.2 Å². The van der Waals surface area contributed by atoms with Crippen molar-refractivity contribution in [2.45, 2.75) is 45.6 Å². The van der Waals surface area contributed by atoms with E-state index < -0.39 is 20.2 Å². The van der Waals surface area contributed by atoms with Gasteiger partial charge < -0.3 is 18.1 Å². The summed E-state index contributed by atoms with van der Waals surface area (Å²) < 4.78 is 48.3. The van der Waals surface area contributed by atoms with Crippen LogP contribution in [0, 0.1) is 0 Å². The Morgan fingerprint density at radius 3 is 1.48 bits per heavy atom. The second-order valence-electron chi connectivity index (χ2n) is 4.51. The highest BCUT2D eigenvalue weighted by Crippen LogP contribution is 2.78. The Balaban J connectivity index is 3.34. The Kier molecular flexibility index (Phi) is 7.55. The first-order valence-electron chi connectivity index (χ1n) is 7.48. The second kappa shape index (κ2) is 8.21. The lowest BCUT2D eigenvalue weighted by Crippen LogP contribution is -2.42. The van der Waals surface area contributed by atoms with Gasteiger partial charge in [0.2, 0.25) is 5.02 Å². The first-order chi connectivity index (χ1) is 9.95. The number of nitrogens with one attached hydrogen (secondary N) is 1. The summed E-state index contributed by atoms with van der Waals surface area (Å²) in [5, 5.41) is 1.65. The third-order valence-corrected chi connectivity index (χ3v) is 9.65. The van der Waals surface area contributed by atoms with E-state index in [-0.39, 0.29) is 26.4 Å². The lowest BCUT2D eigenvalue weighted by atomic mass is 10.4. The molecule has 1 aliphatic rings. The number of hydrogen-bond acceptors (Lipinski definition) is 7. The van der Waals surface area contributed by atoms with Gasteiger partial charge in [0, 0.05) is 0 Å². The maximum Gasteiger partial charge on any atom is 0.362 e. The number of rotatable bonds is 10. The Bertz CT molecular complexity index is 359. The van der Waals surface area contributed by atoms with Gasteiger partial charge in [-0.05, 0) is 47.1 Å². The average Bonchev–Trinajstić information content (AvgIpc) is 2.91. The summed E-state index contributed by atoms with van der Waals surface area (Å²) >= 11 is 0. The van der Waals surface area contributed by atoms with Crippen LogP contribution in [0.25, 0.3) is 0 Å². The number of hydrogen-bond donors (Lipinski definition) is 1. The van der Waals surface area contributed by atoms with Crippen LogP contribution in [0.5, 0.6) is 0 Å². The van der Waals surface area contributed by atoms with Crippen molar-refractivity contribution in [2.75, 3.05) is 33.0 Å². The van der Waals surface area contributed by atoms with Crippen molar-refractivity contribution in [1.29, 1.82) is 0 Å². The summed E-state index contributed by atoms with van der Waals surface area (Å²) in [7, 11) is -7.41. The highest BCUT2D eigenvalue weighted by molar-refractivity contribution is 7.74. The highest BCUT2D eigenvalue weighted by Gasteiger charge is 2.66. The van der Waals surface area contributed by atoms with Gasteiger partial charge >= 0.3 is 15.2 Å². The van der Waals surface area contributed by atoms with Crippen LogP contribution in [0.2, 0.25) is 0 Å². The first-order valence-corrected chi connectivity index (χ1v) is 10.6. The lowest BCUT2D eigenvalue weighted by molar-refractivity contribution is 0.172. The van der Waals surface area contributed by atoms with Crippen LogP contribution >= 0.6 is 15.2 Å². The molecular formula is C12H27NO6P2. The molecule has 1 rings (SSSR count). The fourth-order valence-corrected chi connectivity index (χ4v) is 8.24. The molecule has 1 fully saturated rings. The molecule has 9 heteroatoms. The Hall–Kier alpha value is 0.260. The Labute approximate surface area is 127 Å². The van der Waals surface area contributed by atoms with Crippen molar-refractivity contribution < 1.29 is 27.2 Å². The van der Waals surface area contributed by atoms with Crippen LogP contribution < -0.4 is 5.32 Å². The topological polar surface area (TPSA) is 83.1 Å². The van der Waals surface area contributed by atoms with Gasteiger partial charge in [0.05, 0.1) is 26.4 Å². The van der Waals surface area contributed by atoms with E-state index in [4.69, 9.17) is 18.1 Å². The van der Waals surface area contributed by atoms with Gasteiger partial charge in [-0.1, -0.05) is 0 Å². The van der Waals surface area contributed by atoms with Gasteiger partial charge in [-0.2, -0.15) is 0 Å². The monoisotopic (exact) mass is 343 g/mol. The maximum absolute atomic E-state index is 13.3. The molecule has 1 N–H and O–H groups in total. The maximum atomic E-state index is 13.3. The van der Waals surface area contributed by atoms with Crippen LogP contribution in [0.3, 0.4) is 0 Å². The first kappa shape index (κ1) is 19.3. The van der Waals surface area contributed by atoms with Gasteiger partial charge in [-0.3, -0.25) is 14.4 Å². The van der Waals surface area contributed by atoms with Crippen molar-refractivity contribution in [3.8, 4) is 0 Å². The second-order valence-corrected chi connectivity index (χ2v) is 9.42. The van der Waals surface area contributed by atoms with E-state index in [9.17, 15) is 9.13 Å². The molecule has 0 saturated carbocycles. The van der Waals surface area contributed by atoms with Gasteiger partial charge in [0.25, 0.3) is 0 Å². The van der Waals surface area contributed by atoms with E-state index in [1.165, 1.54) is 0 Å². The van der Waals surface area contributed by atoms with Gasteiger partial charge in [0.1, 0.15) is 0 Å². The molecule has 0 bridgehead atoms. The highest BCUT2D eigenvalue weighted by atomic mass is 31.2. The van der Waals surface area contributed by atoms with Crippen molar-refractivity contribution in [3.63, 3.8) is 0 Å². The molecule has 0 amide bonds. The predicted molar refractivity (Wildman–Crippen MR) is 81.7 cm³/mol. The molecule has 0 atom stereocenters. The smallest absolute Gasteiger partial charge is 0.307 e. The minimum Gasteiger partial charge on any atom is -0.307 e. The minimum absolute atomic E-state index is 0.193. The largest absolute Gasteiger partial charge is 0.362 e. The minimum atomic E-state index is -3.70. The molecular weight excluding hydrogens is 316 g/mol. The summed E-state index contributed by atoms with van der Waals surface area (Å²) in [6, 6.07) is 0. The van der Waals surface area contributed by atoms with Crippen LogP contribution in [0.4, 0.5) is 0 Å². The SMILES string of the molecule is CCOP(=O)(OCC)C1(P(=O)(OCC)OCC)CCCN1. The quantitative estimate of drug-likeness (QED) is 0.607. The van der Waals surface area contributed by atoms with Gasteiger partial charge in [-0.25, -0.2) is 0 Å². The summed E-state index contributed by atoms with van der Waals surface area (Å²) in [4.78, 5) is 0. The summed E-state index contributed by atoms with van der Waals surface area (Å²) in [6.45, 7) is 8.23. The zero-order valence-corrected chi connectivity index (χ0v) is 15.1. The van der Waals surface area contributed by atoms with Crippen molar-refractivity contribution in [3.05, 3.63) is 0 Å². The van der Waals surface area contributed by atoms with Crippen LogP contribution in [0.1, 0.15) is 40.5 Å². The van der Waals surface area contributed by atoms with Gasteiger partial charge in [-0.15, -0.1) is 0 Å². The van der Waals surface area contributed by atoms with Crippen molar-refractivity contribution in [2.24, 2.45) is 0 Å². The normalized spacial score (nSPS) is 19.0. The lowest BCUT2D eigenvalue weighted by Gasteiger charge is -2.39. The molecule has 0 aliphatic carbocycles. The van der Waals surface area contributed by atoms with E-state index in [1.54, 1.807) is 27.7 Å². The Morgan fingerprint density at radius 2 is 1.24 bits per heavy atom. The van der Waals surface area contributed by atoms with Crippen LogP contribution in [-0.2, 0) is 27.2 Å². The van der Waals surface area contributed by atoms with E-state index in [1.807, 2.05) is 0 Å². The van der Waals surface area contributed by atoms with E-state index >= 15 is 0 Å². The molecule has 21 heavy (non-hydrogen) atoms. The molecule has 0 spiro atoms. The summed E-state index contributed by atoms with van der Waals surface area (Å²) in [5.74, 6) is 0. The molecule has 0 aromatic heterocycles. The molecule has 0 unspecified atom stereocenters. The molecule has 7 nitrogen and oxygen atoms in total. The van der Waals surface area contributed by atoms with Crippen LogP contribution in [-0.4, -0.2) is 38.0 Å². The molecule has 0 aromatic rings. The van der Waals surface area contributed by atoms with Crippen molar-refractivity contribution in [1.82, 2.24) is 5.32 Å². The van der Waals surface area contributed by atoms with E-state index in [0.29, 0.717) is 19.4 Å². The zero-order valence-electron chi connectivity index (χ0n) is 13.3. The standard InChI is InChI=1S/C12H27NO6P2/c1-5-16-20(14,17-6-2)12(10-9-11-13-12)21(15,18-7-3)19-8-4/h13H,5-11H2,1-4H3. The zero-order chi connectivity index (χ0) is 16.0. The molecule has 0 aromatic carbocycles. The Morgan fingerprint density at radius 1 is 0.857 bits per heavy atom. The molecule has 1 aliphatic heterocycles. The van der Waals surface area contributed by atoms with E-state index in [2.05, 4.69) is 5.32 Å². The van der Waals surface area contributed by atoms with Gasteiger partial charge in [0.15, 0.2) is 0 Å². The molecule has 1 saturated heterocycles. The molecule has 0 radical (unpaired) electrons. The summed E-state index contributed by atoms with van der Waals surface area (Å²) in [6.07, 6.45) is 1.07. The predicted octanol–water partition coefficient (Wildman–Crippen LogP) is 3.56. The fourth-order valence-electron chi connectivity index (χ4n) is 2.51. The molecule has 126 valence electrons. The third-order valence-electron chi connectivity index (χ3n) is 3.21. The summed E-state index contributed by atoms with van der Waals surface area (Å²) in [5.41, 5.74) is 0. The molecule has 1 heterocycles. The third kappa shape index (κ3) is 3.61. The van der Waals surface area contributed by atoms with Crippen LogP contribution in [0.15, 0.2) is 0 Å². The van der Waals surface area contributed by atoms with E-state index in [0.717, 1.165) is 0 Å².